The minimum absolute atomic E-state index is 0.267. The van der Waals surface area contributed by atoms with Crippen molar-refractivity contribution in [3.63, 3.8) is 0 Å². The third-order valence-electron chi connectivity index (χ3n) is 3.26. The first-order chi connectivity index (χ1) is 10.5. The van der Waals surface area contributed by atoms with Crippen molar-refractivity contribution >= 4 is 23.1 Å². The SMILES string of the molecule is Cc1cccc(Cn2c(=O)sn(-c3cccc(Cl)c3)c2=O)c1. The molecule has 0 saturated carbocycles. The Labute approximate surface area is 136 Å². The molecule has 0 aliphatic carbocycles. The van der Waals surface area contributed by atoms with Gasteiger partial charge in [-0.25, -0.2) is 13.3 Å². The molecule has 0 aliphatic rings. The molecule has 6 heteroatoms. The minimum atomic E-state index is -0.348. The lowest BCUT2D eigenvalue weighted by atomic mass is 10.1. The van der Waals surface area contributed by atoms with Crippen molar-refractivity contribution in [1.29, 1.82) is 0 Å². The predicted molar refractivity (Wildman–Crippen MR) is 89.5 cm³/mol. The molecule has 3 aromatic rings. The first kappa shape index (κ1) is 14.8. The molecular formula is C16H13ClN2O2S. The van der Waals surface area contributed by atoms with Crippen LogP contribution < -0.4 is 10.6 Å². The van der Waals surface area contributed by atoms with Crippen LogP contribution in [0.2, 0.25) is 5.02 Å². The van der Waals surface area contributed by atoms with Gasteiger partial charge in [0.25, 0.3) is 0 Å². The van der Waals surface area contributed by atoms with Crippen LogP contribution in [0.4, 0.5) is 0 Å². The highest BCUT2D eigenvalue weighted by Gasteiger charge is 2.12. The average molecular weight is 333 g/mol. The van der Waals surface area contributed by atoms with Gasteiger partial charge in [-0.3, -0.25) is 4.79 Å². The molecule has 4 nitrogen and oxygen atoms in total. The number of aromatic nitrogens is 2. The van der Waals surface area contributed by atoms with Crippen molar-refractivity contribution in [2.75, 3.05) is 0 Å². The van der Waals surface area contributed by atoms with Gasteiger partial charge in [-0.05, 0) is 30.7 Å². The smallest absolute Gasteiger partial charge is 0.255 e. The number of hydrogen-bond acceptors (Lipinski definition) is 3. The fourth-order valence-corrected chi connectivity index (χ4v) is 3.22. The van der Waals surface area contributed by atoms with Gasteiger partial charge in [-0.2, -0.15) is 0 Å². The molecule has 0 N–H and O–H groups in total. The normalized spacial score (nSPS) is 10.8. The summed E-state index contributed by atoms with van der Waals surface area (Å²) in [5, 5.41) is 0.524. The molecule has 0 unspecified atom stereocenters. The summed E-state index contributed by atoms with van der Waals surface area (Å²) in [6.07, 6.45) is 0. The number of rotatable bonds is 3. The molecule has 0 spiro atoms. The van der Waals surface area contributed by atoms with Crippen molar-refractivity contribution in [2.24, 2.45) is 0 Å². The average Bonchev–Trinajstić information content (AvgIpc) is 2.75. The second-order valence-corrected chi connectivity index (χ2v) is 6.32. The van der Waals surface area contributed by atoms with E-state index in [0.717, 1.165) is 22.7 Å². The number of nitrogens with zero attached hydrogens (tertiary/aromatic N) is 2. The lowest BCUT2D eigenvalue weighted by Crippen LogP contribution is -2.28. The fourth-order valence-electron chi connectivity index (χ4n) is 2.24. The van der Waals surface area contributed by atoms with Gasteiger partial charge >= 0.3 is 10.6 Å². The van der Waals surface area contributed by atoms with Crippen LogP contribution in [0, 0.1) is 6.92 Å². The predicted octanol–water partition coefficient (Wildman–Crippen LogP) is 3.07. The van der Waals surface area contributed by atoms with Crippen LogP contribution in [0.1, 0.15) is 11.1 Å². The van der Waals surface area contributed by atoms with Gasteiger partial charge in [-0.1, -0.05) is 47.5 Å². The van der Waals surface area contributed by atoms with Gasteiger partial charge < -0.3 is 0 Å². The number of halogens is 1. The van der Waals surface area contributed by atoms with Crippen molar-refractivity contribution in [2.45, 2.75) is 13.5 Å². The largest absolute Gasteiger partial charge is 0.346 e. The Morgan fingerprint density at radius 2 is 1.86 bits per heavy atom. The van der Waals surface area contributed by atoms with Crippen molar-refractivity contribution in [3.8, 4) is 5.69 Å². The summed E-state index contributed by atoms with van der Waals surface area (Å²) in [6, 6.07) is 14.6. The summed E-state index contributed by atoms with van der Waals surface area (Å²) in [6.45, 7) is 2.24. The summed E-state index contributed by atoms with van der Waals surface area (Å²) in [5.41, 5.74) is 2.27. The van der Waals surface area contributed by atoms with Crippen LogP contribution in [-0.4, -0.2) is 8.52 Å². The molecular weight excluding hydrogens is 320 g/mol. The lowest BCUT2D eigenvalue weighted by Gasteiger charge is -2.02. The zero-order valence-electron chi connectivity index (χ0n) is 11.8. The number of aryl methyl sites for hydroxylation is 1. The monoisotopic (exact) mass is 332 g/mol. The number of hydrogen-bond donors (Lipinski definition) is 0. The summed E-state index contributed by atoms with van der Waals surface area (Å²) in [4.78, 5) is 24.3. The second-order valence-electron chi connectivity index (χ2n) is 4.99. The Morgan fingerprint density at radius 3 is 2.59 bits per heavy atom. The van der Waals surface area contributed by atoms with E-state index in [1.165, 1.54) is 8.52 Å². The molecule has 0 atom stereocenters. The first-order valence-corrected chi connectivity index (χ1v) is 7.84. The first-order valence-electron chi connectivity index (χ1n) is 6.69. The van der Waals surface area contributed by atoms with E-state index in [1.807, 2.05) is 31.2 Å². The molecule has 0 fully saturated rings. The molecule has 3 rings (SSSR count). The standard InChI is InChI=1S/C16H13ClN2O2S/c1-11-4-2-5-12(8-11)10-18-15(20)19(22-16(18)21)14-7-3-6-13(17)9-14/h2-9H,10H2,1H3. The molecule has 0 saturated heterocycles. The van der Waals surface area contributed by atoms with Gasteiger partial charge in [0.15, 0.2) is 0 Å². The highest BCUT2D eigenvalue weighted by atomic mass is 35.5. The third-order valence-corrected chi connectivity index (χ3v) is 4.42. The van der Waals surface area contributed by atoms with E-state index < -0.39 is 0 Å². The third kappa shape index (κ3) is 2.91. The maximum atomic E-state index is 12.5. The van der Waals surface area contributed by atoms with E-state index in [4.69, 9.17) is 11.6 Å². The molecule has 112 valence electrons. The highest BCUT2D eigenvalue weighted by molar-refractivity contribution is 7.03. The lowest BCUT2D eigenvalue weighted by molar-refractivity contribution is 0.722. The van der Waals surface area contributed by atoms with Crippen LogP contribution in [0.5, 0.6) is 0 Å². The summed E-state index contributed by atoms with van der Waals surface area (Å²) < 4.78 is 2.60. The Kier molecular flexibility index (Phi) is 4.00. The maximum Gasteiger partial charge on any atom is 0.346 e. The van der Waals surface area contributed by atoms with Crippen molar-refractivity contribution < 1.29 is 0 Å². The minimum Gasteiger partial charge on any atom is -0.255 e. The van der Waals surface area contributed by atoms with E-state index >= 15 is 0 Å². The Hall–Kier alpha value is -2.11. The molecule has 1 aromatic heterocycles. The number of benzene rings is 2. The zero-order valence-corrected chi connectivity index (χ0v) is 13.4. The second kappa shape index (κ2) is 5.94. The molecule has 1 heterocycles. The van der Waals surface area contributed by atoms with E-state index in [1.54, 1.807) is 24.3 Å². The zero-order chi connectivity index (χ0) is 15.7. The Bertz CT molecular complexity index is 940. The van der Waals surface area contributed by atoms with Crippen LogP contribution >= 0.6 is 23.1 Å². The van der Waals surface area contributed by atoms with Crippen molar-refractivity contribution in [3.05, 3.63) is 84.8 Å². The fraction of sp³-hybridized carbons (Fsp3) is 0.125. The van der Waals surface area contributed by atoms with E-state index in [-0.39, 0.29) is 17.1 Å². The molecule has 0 radical (unpaired) electrons. The van der Waals surface area contributed by atoms with Gasteiger partial charge in [0.05, 0.1) is 12.2 Å². The summed E-state index contributed by atoms with van der Waals surface area (Å²) in [7, 11) is 0. The van der Waals surface area contributed by atoms with Gasteiger partial charge in [0.1, 0.15) is 0 Å². The maximum absolute atomic E-state index is 12.5. The Balaban J connectivity index is 2.04. The van der Waals surface area contributed by atoms with E-state index in [0.29, 0.717) is 10.7 Å². The van der Waals surface area contributed by atoms with Crippen LogP contribution in [0.3, 0.4) is 0 Å². The summed E-state index contributed by atoms with van der Waals surface area (Å²) >= 11 is 6.82. The quantitative estimate of drug-likeness (QED) is 0.740. The topological polar surface area (TPSA) is 44.0 Å². The van der Waals surface area contributed by atoms with Gasteiger partial charge in [0, 0.05) is 16.6 Å². The molecule has 0 bridgehead atoms. The Morgan fingerprint density at radius 1 is 1.09 bits per heavy atom. The van der Waals surface area contributed by atoms with Crippen LogP contribution in [-0.2, 0) is 6.54 Å². The van der Waals surface area contributed by atoms with E-state index in [9.17, 15) is 9.59 Å². The van der Waals surface area contributed by atoms with Gasteiger partial charge in [0.2, 0.25) is 0 Å². The molecule has 0 amide bonds. The summed E-state index contributed by atoms with van der Waals surface area (Å²) in [5.74, 6) is 0. The van der Waals surface area contributed by atoms with E-state index in [2.05, 4.69) is 0 Å². The van der Waals surface area contributed by atoms with Crippen molar-refractivity contribution in [1.82, 2.24) is 8.52 Å². The molecule has 2 aromatic carbocycles. The molecule has 0 aliphatic heterocycles. The van der Waals surface area contributed by atoms with Crippen LogP contribution in [0.25, 0.3) is 5.69 Å². The molecule has 22 heavy (non-hydrogen) atoms. The van der Waals surface area contributed by atoms with Crippen LogP contribution in [0.15, 0.2) is 58.1 Å². The highest BCUT2D eigenvalue weighted by Crippen LogP contribution is 2.14. The van der Waals surface area contributed by atoms with Gasteiger partial charge in [-0.15, -0.1) is 0 Å².